The van der Waals surface area contributed by atoms with Gasteiger partial charge >= 0.3 is 5.97 Å². The molecule has 0 radical (unpaired) electrons. The molecular formula is C27H22FNO6. The van der Waals surface area contributed by atoms with Gasteiger partial charge in [0.05, 0.1) is 31.8 Å². The Morgan fingerprint density at radius 3 is 2.77 bits per heavy atom. The number of hydrogen-bond donors (Lipinski definition) is 1. The van der Waals surface area contributed by atoms with E-state index in [-0.39, 0.29) is 18.2 Å². The molecule has 2 unspecified atom stereocenters. The minimum Gasteiger partial charge on any atom is -0.493 e. The van der Waals surface area contributed by atoms with Gasteiger partial charge in [0.25, 0.3) is 0 Å². The summed E-state index contributed by atoms with van der Waals surface area (Å²) < 4.78 is 38.2. The van der Waals surface area contributed by atoms with Crippen molar-refractivity contribution in [1.29, 1.82) is 5.26 Å². The maximum absolute atomic E-state index is 14.9. The maximum atomic E-state index is 14.9. The van der Waals surface area contributed by atoms with Crippen molar-refractivity contribution in [2.24, 2.45) is 0 Å². The van der Waals surface area contributed by atoms with E-state index in [1.54, 1.807) is 36.4 Å². The van der Waals surface area contributed by atoms with Crippen LogP contribution in [0.4, 0.5) is 4.39 Å². The summed E-state index contributed by atoms with van der Waals surface area (Å²) in [6.07, 6.45) is 0.622. The fraction of sp³-hybridized carbons (Fsp3) is 0.259. The molecule has 3 aromatic rings. The van der Waals surface area contributed by atoms with Gasteiger partial charge in [-0.1, -0.05) is 6.07 Å². The number of benzene rings is 3. The van der Waals surface area contributed by atoms with Gasteiger partial charge in [0, 0.05) is 34.7 Å². The predicted molar refractivity (Wildman–Crippen MR) is 123 cm³/mol. The van der Waals surface area contributed by atoms with Crippen molar-refractivity contribution in [1.82, 2.24) is 0 Å². The molecule has 2 aliphatic rings. The number of carboxylic acids is 1. The number of halogens is 1. The van der Waals surface area contributed by atoms with Crippen molar-refractivity contribution in [2.45, 2.75) is 31.3 Å². The Balaban J connectivity index is 1.39. The standard InChI is InChI=1S/C27H22FNO6/c1-32-25-10-15(13-29)2-7-22(25)35-21-9-6-20(28)27-19(21)5-8-23(27)34-17-3-4-18-16(11-26(30)31)14-33-24(18)12-17/h2-4,6-7,9-10,12,16,23H,5,8,11,14H2,1H3,(H,30,31). The van der Waals surface area contributed by atoms with Gasteiger partial charge in [-0.3, -0.25) is 4.79 Å². The van der Waals surface area contributed by atoms with Crippen LogP contribution in [0.3, 0.4) is 0 Å². The molecule has 0 saturated heterocycles. The lowest BCUT2D eigenvalue weighted by molar-refractivity contribution is -0.137. The van der Waals surface area contributed by atoms with E-state index in [1.807, 2.05) is 6.07 Å². The van der Waals surface area contributed by atoms with Gasteiger partial charge in [0.2, 0.25) is 0 Å². The largest absolute Gasteiger partial charge is 0.493 e. The molecule has 0 fully saturated rings. The normalized spacial score (nSPS) is 17.6. The van der Waals surface area contributed by atoms with Gasteiger partial charge in [-0.25, -0.2) is 4.39 Å². The van der Waals surface area contributed by atoms with E-state index in [2.05, 4.69) is 6.07 Å². The fourth-order valence-corrected chi connectivity index (χ4v) is 4.67. The molecule has 0 bridgehead atoms. The predicted octanol–water partition coefficient (Wildman–Crippen LogP) is 5.52. The zero-order chi connectivity index (χ0) is 24.5. The summed E-state index contributed by atoms with van der Waals surface area (Å²) in [5.41, 5.74) is 2.45. The lowest BCUT2D eigenvalue weighted by Gasteiger charge is -2.18. The van der Waals surface area contributed by atoms with Crippen molar-refractivity contribution >= 4 is 5.97 Å². The first-order valence-corrected chi connectivity index (χ1v) is 11.2. The second-order valence-corrected chi connectivity index (χ2v) is 8.47. The van der Waals surface area contributed by atoms with E-state index < -0.39 is 12.1 Å². The number of aliphatic carboxylic acids is 1. The maximum Gasteiger partial charge on any atom is 0.304 e. The Bertz CT molecular complexity index is 1350. The first-order chi connectivity index (χ1) is 17.0. The van der Waals surface area contributed by atoms with E-state index in [0.29, 0.717) is 59.3 Å². The molecule has 2 atom stereocenters. The first-order valence-electron chi connectivity index (χ1n) is 11.2. The van der Waals surface area contributed by atoms with Crippen LogP contribution in [0.15, 0.2) is 48.5 Å². The van der Waals surface area contributed by atoms with Crippen LogP contribution in [-0.4, -0.2) is 24.8 Å². The third kappa shape index (κ3) is 4.33. The molecule has 8 heteroatoms. The van der Waals surface area contributed by atoms with Gasteiger partial charge < -0.3 is 24.1 Å². The van der Waals surface area contributed by atoms with E-state index in [4.69, 9.17) is 29.3 Å². The number of ether oxygens (including phenoxy) is 4. The molecule has 35 heavy (non-hydrogen) atoms. The highest BCUT2D eigenvalue weighted by atomic mass is 19.1. The fourth-order valence-electron chi connectivity index (χ4n) is 4.67. The van der Waals surface area contributed by atoms with Crippen LogP contribution in [0.25, 0.3) is 0 Å². The third-order valence-corrected chi connectivity index (χ3v) is 6.32. The van der Waals surface area contributed by atoms with Gasteiger partial charge in [-0.2, -0.15) is 5.26 Å². The summed E-state index contributed by atoms with van der Waals surface area (Å²) in [6, 6.07) is 15.2. The Morgan fingerprint density at radius 2 is 2.00 bits per heavy atom. The van der Waals surface area contributed by atoms with Gasteiger partial charge in [-0.05, 0) is 43.2 Å². The zero-order valence-electron chi connectivity index (χ0n) is 18.9. The highest BCUT2D eigenvalue weighted by Gasteiger charge is 2.32. The number of carbonyl (C=O) groups is 1. The Hall–Kier alpha value is -4.25. The molecule has 0 spiro atoms. The van der Waals surface area contributed by atoms with Crippen LogP contribution in [-0.2, 0) is 11.2 Å². The summed E-state index contributed by atoms with van der Waals surface area (Å²) in [7, 11) is 1.49. The molecule has 0 amide bonds. The van der Waals surface area contributed by atoms with Crippen LogP contribution in [0.5, 0.6) is 28.7 Å². The lowest BCUT2D eigenvalue weighted by atomic mass is 9.98. The summed E-state index contributed by atoms with van der Waals surface area (Å²) in [6.45, 7) is 0.311. The van der Waals surface area contributed by atoms with Crippen LogP contribution in [0.2, 0.25) is 0 Å². The van der Waals surface area contributed by atoms with Crippen LogP contribution in [0.1, 0.15) is 47.1 Å². The Kier molecular flexibility index (Phi) is 5.91. The van der Waals surface area contributed by atoms with Crippen molar-refractivity contribution in [3.63, 3.8) is 0 Å². The number of nitrogens with zero attached hydrogens (tertiary/aromatic N) is 1. The molecule has 1 aliphatic heterocycles. The highest BCUT2D eigenvalue weighted by molar-refractivity contribution is 5.69. The number of carboxylic acid groups (broad SMARTS) is 1. The third-order valence-electron chi connectivity index (χ3n) is 6.32. The van der Waals surface area contributed by atoms with E-state index >= 15 is 0 Å². The first kappa shape index (κ1) is 22.5. The average molecular weight is 475 g/mol. The number of methoxy groups -OCH3 is 1. The SMILES string of the molecule is COc1cc(C#N)ccc1Oc1ccc(F)c2c1CCC2Oc1ccc2c(c1)OCC2CC(=O)O. The molecule has 1 heterocycles. The molecule has 0 aromatic heterocycles. The van der Waals surface area contributed by atoms with Gasteiger partial charge in [0.15, 0.2) is 11.5 Å². The van der Waals surface area contributed by atoms with Gasteiger partial charge in [-0.15, -0.1) is 0 Å². The summed E-state index contributed by atoms with van der Waals surface area (Å²) >= 11 is 0. The molecule has 3 aromatic carbocycles. The average Bonchev–Trinajstić information content (AvgIpc) is 3.45. The second kappa shape index (κ2) is 9.18. The van der Waals surface area contributed by atoms with Crippen molar-refractivity contribution in [3.8, 4) is 34.8 Å². The number of fused-ring (bicyclic) bond motifs is 2. The molecule has 0 saturated carbocycles. The van der Waals surface area contributed by atoms with Crippen LogP contribution < -0.4 is 18.9 Å². The molecular weight excluding hydrogens is 453 g/mol. The van der Waals surface area contributed by atoms with Crippen LogP contribution >= 0.6 is 0 Å². The molecule has 5 rings (SSSR count). The summed E-state index contributed by atoms with van der Waals surface area (Å²) in [4.78, 5) is 11.1. The second-order valence-electron chi connectivity index (χ2n) is 8.47. The van der Waals surface area contributed by atoms with E-state index in [0.717, 1.165) is 11.1 Å². The topological polar surface area (TPSA) is 98.0 Å². The van der Waals surface area contributed by atoms with Crippen LogP contribution in [0, 0.1) is 17.1 Å². The van der Waals surface area contributed by atoms with E-state index in [9.17, 15) is 9.18 Å². The summed E-state index contributed by atoms with van der Waals surface area (Å²) in [5.74, 6) is 1.02. The van der Waals surface area contributed by atoms with Crippen molar-refractivity contribution < 1.29 is 33.2 Å². The minimum atomic E-state index is -0.874. The quantitative estimate of drug-likeness (QED) is 0.481. The monoisotopic (exact) mass is 475 g/mol. The molecule has 7 nitrogen and oxygen atoms in total. The smallest absolute Gasteiger partial charge is 0.304 e. The van der Waals surface area contributed by atoms with Crippen molar-refractivity contribution in [3.05, 3.63) is 76.6 Å². The number of hydrogen-bond acceptors (Lipinski definition) is 6. The molecule has 178 valence electrons. The molecule has 1 aliphatic carbocycles. The zero-order valence-corrected chi connectivity index (χ0v) is 18.9. The highest BCUT2D eigenvalue weighted by Crippen LogP contribution is 2.45. The number of rotatable bonds is 7. The lowest BCUT2D eigenvalue weighted by Crippen LogP contribution is -2.07. The minimum absolute atomic E-state index is 0.00121. The Labute approximate surface area is 201 Å². The summed E-state index contributed by atoms with van der Waals surface area (Å²) in [5, 5.41) is 18.2. The van der Waals surface area contributed by atoms with E-state index in [1.165, 1.54) is 13.2 Å². The number of nitriles is 1. The van der Waals surface area contributed by atoms with Crippen molar-refractivity contribution in [2.75, 3.05) is 13.7 Å². The molecule has 1 N–H and O–H groups in total. The Morgan fingerprint density at radius 1 is 1.17 bits per heavy atom. The van der Waals surface area contributed by atoms with Gasteiger partial charge in [0.1, 0.15) is 29.2 Å².